The number of benzene rings is 2. The summed E-state index contributed by atoms with van der Waals surface area (Å²) in [6, 6.07) is 6.13. The normalized spacial score (nSPS) is 13.8. The first-order valence-electron chi connectivity index (χ1n) is 12.2. The van der Waals surface area contributed by atoms with Crippen molar-refractivity contribution < 1.29 is 44.4 Å². The van der Waals surface area contributed by atoms with Gasteiger partial charge in [-0.15, -0.1) is 0 Å². The highest BCUT2D eigenvalue weighted by atomic mass is 16.4. The molecule has 0 heterocycles. The molecule has 0 aromatic heterocycles. The summed E-state index contributed by atoms with van der Waals surface area (Å²) in [5.41, 5.74) is 12.3. The van der Waals surface area contributed by atoms with Crippen molar-refractivity contribution >= 4 is 29.6 Å². The van der Waals surface area contributed by atoms with Crippen LogP contribution >= 0.6 is 0 Å². The van der Waals surface area contributed by atoms with Crippen LogP contribution in [0.5, 0.6) is 11.5 Å². The number of amides is 4. The van der Waals surface area contributed by atoms with Crippen molar-refractivity contribution in [1.29, 1.82) is 0 Å². The number of aliphatic hydroxyl groups excluding tert-OH is 1. The zero-order chi connectivity index (χ0) is 29.8. The van der Waals surface area contributed by atoms with Crippen LogP contribution in [0.15, 0.2) is 48.5 Å². The molecule has 0 aliphatic heterocycles. The first-order valence-corrected chi connectivity index (χ1v) is 12.2. The lowest BCUT2D eigenvalue weighted by molar-refractivity contribution is -0.142. The van der Waals surface area contributed by atoms with Gasteiger partial charge < -0.3 is 47.8 Å². The average Bonchev–Trinajstić information content (AvgIpc) is 2.91. The second kappa shape index (κ2) is 15.0. The van der Waals surface area contributed by atoms with Crippen LogP contribution in [0.1, 0.15) is 24.0 Å². The summed E-state index contributed by atoms with van der Waals surface area (Å²) in [5, 5.41) is 44.9. The summed E-state index contributed by atoms with van der Waals surface area (Å²) < 4.78 is 0. The molecule has 0 fully saturated rings. The Kier molecular flexibility index (Phi) is 11.9. The van der Waals surface area contributed by atoms with E-state index in [9.17, 15) is 44.4 Å². The molecule has 2 rings (SSSR count). The van der Waals surface area contributed by atoms with Crippen LogP contribution in [0, 0.1) is 0 Å². The number of aliphatic hydroxyl groups is 1. The van der Waals surface area contributed by atoms with E-state index in [0.29, 0.717) is 11.1 Å². The van der Waals surface area contributed by atoms with Gasteiger partial charge in [0.25, 0.3) is 0 Å². The number of primary amides is 1. The quantitative estimate of drug-likeness (QED) is 0.116. The van der Waals surface area contributed by atoms with Gasteiger partial charge in [0, 0.05) is 12.8 Å². The zero-order valence-electron chi connectivity index (χ0n) is 21.4. The number of rotatable bonds is 15. The first-order chi connectivity index (χ1) is 18.9. The zero-order valence-corrected chi connectivity index (χ0v) is 21.4. The molecular weight excluding hydrogens is 526 g/mol. The minimum absolute atomic E-state index is 0.0259. The number of nitrogens with two attached hydrogens (primary N) is 2. The number of phenolic OH excluding ortho intramolecular Hbond substituents is 2. The molecule has 0 bridgehead atoms. The first kappa shape index (κ1) is 31.5. The standard InChI is InChI=1S/C26H33N5O9/c27-18(11-14-1-5-16(33)6-2-14)23(36)29-19(9-10-22(28)35)24(37)31-21(13-32)25(38)30-20(26(39)40)12-15-3-7-17(34)8-4-15/h1-8,18-21,32-34H,9-13,27H2,(H2,28,35)(H,29,36)(H,30,38)(H,31,37)(H,39,40). The van der Waals surface area contributed by atoms with Gasteiger partial charge in [-0.1, -0.05) is 24.3 Å². The predicted molar refractivity (Wildman–Crippen MR) is 141 cm³/mol. The van der Waals surface area contributed by atoms with Gasteiger partial charge in [-0.3, -0.25) is 19.2 Å². The fourth-order valence-corrected chi connectivity index (χ4v) is 3.62. The van der Waals surface area contributed by atoms with Crippen molar-refractivity contribution in [1.82, 2.24) is 16.0 Å². The van der Waals surface area contributed by atoms with E-state index >= 15 is 0 Å². The third-order valence-electron chi connectivity index (χ3n) is 5.85. The van der Waals surface area contributed by atoms with Gasteiger partial charge in [0.15, 0.2) is 0 Å². The van der Waals surface area contributed by atoms with E-state index in [2.05, 4.69) is 16.0 Å². The smallest absolute Gasteiger partial charge is 0.326 e. The van der Waals surface area contributed by atoms with Crippen LogP contribution in [-0.2, 0) is 36.8 Å². The molecule has 40 heavy (non-hydrogen) atoms. The van der Waals surface area contributed by atoms with E-state index in [1.807, 2.05) is 0 Å². The summed E-state index contributed by atoms with van der Waals surface area (Å²) >= 11 is 0. The number of phenols is 2. The van der Waals surface area contributed by atoms with Gasteiger partial charge in [0.05, 0.1) is 12.6 Å². The van der Waals surface area contributed by atoms with Gasteiger partial charge >= 0.3 is 5.97 Å². The van der Waals surface area contributed by atoms with E-state index in [0.717, 1.165) is 0 Å². The minimum atomic E-state index is -1.59. The number of aliphatic carboxylic acids is 1. The van der Waals surface area contributed by atoms with E-state index < -0.39 is 60.4 Å². The molecule has 11 N–H and O–H groups in total. The second-order valence-electron chi connectivity index (χ2n) is 9.06. The van der Waals surface area contributed by atoms with Crippen LogP contribution < -0.4 is 27.4 Å². The van der Waals surface area contributed by atoms with Crippen molar-refractivity contribution in [2.45, 2.75) is 49.9 Å². The summed E-state index contributed by atoms with van der Waals surface area (Å²) in [6.45, 7) is -0.903. The Hall–Kier alpha value is -4.69. The van der Waals surface area contributed by atoms with Gasteiger partial charge in [-0.2, -0.15) is 0 Å². The second-order valence-corrected chi connectivity index (χ2v) is 9.06. The maximum atomic E-state index is 12.9. The molecule has 4 amide bonds. The third kappa shape index (κ3) is 10.2. The Morgan fingerprint density at radius 1 is 0.700 bits per heavy atom. The number of aromatic hydroxyl groups is 2. The molecule has 2 aromatic carbocycles. The largest absolute Gasteiger partial charge is 0.508 e. The van der Waals surface area contributed by atoms with E-state index in [4.69, 9.17) is 11.5 Å². The summed E-state index contributed by atoms with van der Waals surface area (Å²) in [6.07, 6.45) is -0.619. The Labute approximate surface area is 229 Å². The molecule has 0 radical (unpaired) electrons. The van der Waals surface area contributed by atoms with Crippen LogP contribution in [-0.4, -0.2) is 80.8 Å². The number of nitrogens with one attached hydrogen (secondary N) is 3. The molecule has 4 atom stereocenters. The number of carboxylic acid groups (broad SMARTS) is 1. The Bertz CT molecular complexity index is 1190. The SMILES string of the molecule is NC(=O)CCC(NC(=O)C(N)Cc1ccc(O)cc1)C(=O)NC(CO)C(=O)NC(Cc1ccc(O)cc1)C(=O)O. The van der Waals surface area contributed by atoms with Crippen LogP contribution in [0.25, 0.3) is 0 Å². The van der Waals surface area contributed by atoms with Gasteiger partial charge in [-0.05, 0) is 48.2 Å². The molecule has 0 spiro atoms. The molecule has 0 aliphatic carbocycles. The highest BCUT2D eigenvalue weighted by molar-refractivity contribution is 5.94. The molecule has 14 heteroatoms. The fourth-order valence-electron chi connectivity index (χ4n) is 3.62. The van der Waals surface area contributed by atoms with Gasteiger partial charge in [-0.25, -0.2) is 4.79 Å². The molecule has 216 valence electrons. The molecule has 0 saturated heterocycles. The lowest BCUT2D eigenvalue weighted by Crippen LogP contribution is -2.58. The van der Waals surface area contributed by atoms with Crippen LogP contribution in [0.4, 0.5) is 0 Å². The fraction of sp³-hybridized carbons (Fsp3) is 0.346. The number of carbonyl (C=O) groups is 5. The lowest BCUT2D eigenvalue weighted by atomic mass is 10.0. The number of carboxylic acids is 1. The van der Waals surface area contributed by atoms with Crippen molar-refractivity contribution in [3.8, 4) is 11.5 Å². The van der Waals surface area contributed by atoms with Crippen LogP contribution in [0.2, 0.25) is 0 Å². The Morgan fingerprint density at radius 2 is 1.15 bits per heavy atom. The van der Waals surface area contributed by atoms with E-state index in [1.165, 1.54) is 36.4 Å². The maximum absolute atomic E-state index is 12.9. The molecular formula is C26H33N5O9. The molecule has 14 nitrogen and oxygen atoms in total. The molecule has 2 aromatic rings. The molecule has 4 unspecified atom stereocenters. The van der Waals surface area contributed by atoms with Gasteiger partial charge in [0.1, 0.15) is 29.6 Å². The Morgan fingerprint density at radius 3 is 1.62 bits per heavy atom. The highest BCUT2D eigenvalue weighted by Crippen LogP contribution is 2.12. The van der Waals surface area contributed by atoms with Crippen molar-refractivity contribution in [3.05, 3.63) is 59.7 Å². The van der Waals surface area contributed by atoms with E-state index in [-0.39, 0.29) is 37.2 Å². The average molecular weight is 560 g/mol. The Balaban J connectivity index is 2.07. The monoisotopic (exact) mass is 559 g/mol. The van der Waals surface area contributed by atoms with Crippen LogP contribution in [0.3, 0.4) is 0 Å². The van der Waals surface area contributed by atoms with Crippen molar-refractivity contribution in [3.63, 3.8) is 0 Å². The van der Waals surface area contributed by atoms with Gasteiger partial charge in [0.2, 0.25) is 23.6 Å². The lowest BCUT2D eigenvalue weighted by Gasteiger charge is -2.24. The summed E-state index contributed by atoms with van der Waals surface area (Å²) in [7, 11) is 0. The topological polar surface area (TPSA) is 254 Å². The summed E-state index contributed by atoms with van der Waals surface area (Å²) in [4.78, 5) is 61.4. The third-order valence-corrected chi connectivity index (χ3v) is 5.85. The van der Waals surface area contributed by atoms with E-state index in [1.54, 1.807) is 12.1 Å². The minimum Gasteiger partial charge on any atom is -0.508 e. The summed E-state index contributed by atoms with van der Waals surface area (Å²) in [5.74, 6) is -4.82. The highest BCUT2D eigenvalue weighted by Gasteiger charge is 2.30. The molecule has 0 saturated carbocycles. The maximum Gasteiger partial charge on any atom is 0.326 e. The number of hydrogen-bond donors (Lipinski definition) is 9. The van der Waals surface area contributed by atoms with Crippen molar-refractivity contribution in [2.24, 2.45) is 11.5 Å². The molecule has 0 aliphatic rings. The number of hydrogen-bond acceptors (Lipinski definition) is 9. The number of carbonyl (C=O) groups excluding carboxylic acids is 4. The predicted octanol–water partition coefficient (Wildman–Crippen LogP) is -1.99. The van der Waals surface area contributed by atoms with Crippen molar-refractivity contribution in [2.75, 3.05) is 6.61 Å².